The lowest BCUT2D eigenvalue weighted by atomic mass is 10.1. The minimum Gasteiger partial charge on any atom is -0.356 e. The molecule has 0 aliphatic rings. The molecule has 28 heavy (non-hydrogen) atoms. The lowest BCUT2D eigenvalue weighted by molar-refractivity contribution is 0.634. The van der Waals surface area contributed by atoms with E-state index in [1.54, 1.807) is 13.4 Å². The van der Waals surface area contributed by atoms with Crippen LogP contribution in [0.1, 0.15) is 18.3 Å². The Kier molecular flexibility index (Phi) is 7.72. The lowest BCUT2D eigenvalue weighted by Crippen LogP contribution is -2.39. The van der Waals surface area contributed by atoms with Crippen molar-refractivity contribution >= 4 is 28.5 Å². The number of hydrogen-bond acceptors (Lipinski definition) is 4. The third kappa shape index (κ3) is 5.48. The Hall–Kier alpha value is -2.54. The largest absolute Gasteiger partial charge is 0.356 e. The molecule has 3 aromatic rings. The molecule has 3 rings (SSSR count). The second-order valence-electron chi connectivity index (χ2n) is 6.41. The molecule has 0 aliphatic heterocycles. The number of benzene rings is 2. The number of nitrogens with one attached hydrogen (secondary N) is 2. The fraction of sp³-hybridized carbons (Fsp3) is 0.381. The number of fused-ring (bicyclic) bond motifs is 1. The summed E-state index contributed by atoms with van der Waals surface area (Å²) in [7, 11) is 1.80. The molecule has 1 aromatic heterocycles. The molecule has 0 unspecified atom stereocenters. The Morgan fingerprint density at radius 1 is 1.11 bits per heavy atom. The third-order valence-corrected chi connectivity index (χ3v) is 5.56. The zero-order valence-electron chi connectivity index (χ0n) is 16.6. The molecule has 0 spiro atoms. The van der Waals surface area contributed by atoms with Gasteiger partial charge in [0.1, 0.15) is 12.2 Å². The van der Waals surface area contributed by atoms with E-state index in [2.05, 4.69) is 79.8 Å². The van der Waals surface area contributed by atoms with Gasteiger partial charge in [-0.05, 0) is 16.3 Å². The number of nitrogens with zero attached hydrogens (tertiary/aromatic N) is 4. The minimum absolute atomic E-state index is 0.786. The fourth-order valence-electron chi connectivity index (χ4n) is 3.10. The first-order chi connectivity index (χ1) is 13.8. The summed E-state index contributed by atoms with van der Waals surface area (Å²) in [6.07, 6.45) is 2.67. The van der Waals surface area contributed by atoms with E-state index >= 15 is 0 Å². The van der Waals surface area contributed by atoms with Gasteiger partial charge in [-0.25, -0.2) is 0 Å². The lowest BCUT2D eigenvalue weighted by Gasteiger charge is -2.13. The summed E-state index contributed by atoms with van der Waals surface area (Å²) in [5, 5.41) is 17.4. The van der Waals surface area contributed by atoms with Gasteiger partial charge in [0.2, 0.25) is 0 Å². The highest BCUT2D eigenvalue weighted by molar-refractivity contribution is 7.98. The number of thioether (sulfide) groups is 1. The molecule has 1 heterocycles. The van der Waals surface area contributed by atoms with Crippen LogP contribution in [0.25, 0.3) is 10.8 Å². The van der Waals surface area contributed by atoms with Crippen LogP contribution in [-0.4, -0.2) is 46.6 Å². The van der Waals surface area contributed by atoms with Gasteiger partial charge in [0.05, 0.1) is 0 Å². The first-order valence-corrected chi connectivity index (χ1v) is 10.8. The molecule has 0 bridgehead atoms. The predicted octanol–water partition coefficient (Wildman–Crippen LogP) is 3.09. The first-order valence-electron chi connectivity index (χ1n) is 9.67. The molecular weight excluding hydrogens is 368 g/mol. The van der Waals surface area contributed by atoms with Crippen LogP contribution in [0.2, 0.25) is 0 Å². The van der Waals surface area contributed by atoms with E-state index in [1.165, 1.54) is 16.3 Å². The van der Waals surface area contributed by atoms with Crippen LogP contribution in [-0.2, 0) is 18.7 Å². The van der Waals surface area contributed by atoms with E-state index in [0.717, 1.165) is 49.3 Å². The molecule has 6 nitrogen and oxygen atoms in total. The van der Waals surface area contributed by atoms with Crippen molar-refractivity contribution in [1.82, 2.24) is 25.4 Å². The van der Waals surface area contributed by atoms with Crippen molar-refractivity contribution in [3.63, 3.8) is 0 Å². The monoisotopic (exact) mass is 396 g/mol. The van der Waals surface area contributed by atoms with Crippen LogP contribution in [0.15, 0.2) is 53.8 Å². The number of aromatic nitrogens is 3. The Balaban J connectivity index is 1.36. The van der Waals surface area contributed by atoms with E-state index < -0.39 is 0 Å². The summed E-state index contributed by atoms with van der Waals surface area (Å²) in [6.45, 7) is 4.58. The van der Waals surface area contributed by atoms with Gasteiger partial charge in [-0.2, -0.15) is 11.8 Å². The molecule has 0 saturated carbocycles. The smallest absolute Gasteiger partial charge is 0.191 e. The van der Waals surface area contributed by atoms with Crippen molar-refractivity contribution < 1.29 is 0 Å². The van der Waals surface area contributed by atoms with Crippen LogP contribution in [0.4, 0.5) is 0 Å². The highest BCUT2D eigenvalue weighted by Crippen LogP contribution is 2.22. The molecule has 0 aliphatic carbocycles. The molecular formula is C21H28N6S. The number of aliphatic imine (C=N–C) groups is 1. The standard InChI is InChI=1S/C21H28N6S/c1-3-20-26-25-16-27(20)13-11-23-21(22-2)24-12-14-28-15-18-9-6-8-17-7-4-5-10-19(17)18/h4-10,16H,3,11-15H2,1-2H3,(H2,22,23,24). The summed E-state index contributed by atoms with van der Waals surface area (Å²) < 4.78 is 2.07. The van der Waals surface area contributed by atoms with Crippen molar-refractivity contribution in [2.75, 3.05) is 25.9 Å². The number of guanidine groups is 1. The average Bonchev–Trinajstić information content (AvgIpc) is 3.19. The molecule has 0 fully saturated rings. The Morgan fingerprint density at radius 3 is 2.79 bits per heavy atom. The highest BCUT2D eigenvalue weighted by atomic mass is 32.2. The molecule has 0 saturated heterocycles. The molecule has 0 radical (unpaired) electrons. The van der Waals surface area contributed by atoms with E-state index in [9.17, 15) is 0 Å². The average molecular weight is 397 g/mol. The summed E-state index contributed by atoms with van der Waals surface area (Å²) in [4.78, 5) is 4.29. The minimum atomic E-state index is 0.786. The van der Waals surface area contributed by atoms with Gasteiger partial charge in [-0.1, -0.05) is 49.4 Å². The molecule has 2 aromatic carbocycles. The fourth-order valence-corrected chi connectivity index (χ4v) is 3.96. The number of rotatable bonds is 9. The number of aryl methyl sites for hydroxylation is 1. The van der Waals surface area contributed by atoms with Crippen LogP contribution < -0.4 is 10.6 Å². The van der Waals surface area contributed by atoms with Gasteiger partial charge in [0.25, 0.3) is 0 Å². The van der Waals surface area contributed by atoms with E-state index in [-0.39, 0.29) is 0 Å². The summed E-state index contributed by atoms with van der Waals surface area (Å²) in [5.41, 5.74) is 1.39. The van der Waals surface area contributed by atoms with Gasteiger partial charge >= 0.3 is 0 Å². The van der Waals surface area contributed by atoms with Crippen LogP contribution in [0.5, 0.6) is 0 Å². The maximum atomic E-state index is 4.29. The summed E-state index contributed by atoms with van der Waals surface area (Å²) in [6, 6.07) is 15.1. The zero-order chi connectivity index (χ0) is 19.6. The van der Waals surface area contributed by atoms with Crippen molar-refractivity contribution in [2.45, 2.75) is 25.6 Å². The van der Waals surface area contributed by atoms with Gasteiger partial charge in [-0.15, -0.1) is 10.2 Å². The van der Waals surface area contributed by atoms with Gasteiger partial charge in [0.15, 0.2) is 5.96 Å². The van der Waals surface area contributed by atoms with Gasteiger partial charge < -0.3 is 15.2 Å². The molecule has 2 N–H and O–H groups in total. The third-order valence-electron chi connectivity index (χ3n) is 4.56. The van der Waals surface area contributed by atoms with Gasteiger partial charge in [-0.3, -0.25) is 4.99 Å². The number of hydrogen-bond donors (Lipinski definition) is 2. The first kappa shape index (κ1) is 20.2. The highest BCUT2D eigenvalue weighted by Gasteiger charge is 2.03. The van der Waals surface area contributed by atoms with Crippen LogP contribution >= 0.6 is 11.8 Å². The summed E-state index contributed by atoms with van der Waals surface area (Å²) in [5.74, 6) is 3.88. The molecule has 0 amide bonds. The summed E-state index contributed by atoms with van der Waals surface area (Å²) >= 11 is 1.93. The Morgan fingerprint density at radius 2 is 1.93 bits per heavy atom. The van der Waals surface area contributed by atoms with Crippen LogP contribution in [0, 0.1) is 0 Å². The normalized spacial score (nSPS) is 11.7. The maximum absolute atomic E-state index is 4.29. The van der Waals surface area contributed by atoms with E-state index in [1.807, 2.05) is 11.8 Å². The second-order valence-corrected chi connectivity index (χ2v) is 7.52. The van der Waals surface area contributed by atoms with Crippen molar-refractivity contribution in [2.24, 2.45) is 4.99 Å². The van der Waals surface area contributed by atoms with Crippen molar-refractivity contribution in [3.05, 3.63) is 60.2 Å². The predicted molar refractivity (Wildman–Crippen MR) is 119 cm³/mol. The van der Waals surface area contributed by atoms with Crippen molar-refractivity contribution in [3.8, 4) is 0 Å². The zero-order valence-corrected chi connectivity index (χ0v) is 17.4. The molecule has 148 valence electrons. The van der Waals surface area contributed by atoms with Crippen LogP contribution in [0.3, 0.4) is 0 Å². The van der Waals surface area contributed by atoms with E-state index in [4.69, 9.17) is 0 Å². The van der Waals surface area contributed by atoms with Gasteiger partial charge in [0, 0.05) is 44.6 Å². The van der Waals surface area contributed by atoms with E-state index in [0.29, 0.717) is 0 Å². The maximum Gasteiger partial charge on any atom is 0.191 e. The van der Waals surface area contributed by atoms with Crippen molar-refractivity contribution in [1.29, 1.82) is 0 Å². The Labute approximate surface area is 170 Å². The topological polar surface area (TPSA) is 67.1 Å². The molecule has 0 atom stereocenters. The SMILES string of the molecule is CCc1nncn1CCNC(=NC)NCCSCc1cccc2ccccc12. The molecule has 7 heteroatoms. The quantitative estimate of drug-likeness (QED) is 0.330. The Bertz CT molecular complexity index is 899. The second kappa shape index (κ2) is 10.7.